The molecule has 0 aromatic rings. The fraction of sp³-hybridized carbons (Fsp3) is 0.889. The van der Waals surface area contributed by atoms with Crippen LogP contribution in [0.5, 0.6) is 0 Å². The van der Waals surface area contributed by atoms with Gasteiger partial charge in [0.25, 0.3) is 0 Å². The molecule has 0 aromatic heterocycles. The van der Waals surface area contributed by atoms with Gasteiger partial charge in [-0.25, -0.2) is 0 Å². The topological polar surface area (TPSA) is 61.8 Å². The molecular weight excluding hydrogens is 219 g/mol. The summed E-state index contributed by atoms with van der Waals surface area (Å²) in [7, 11) is -0.632. The zero-order chi connectivity index (χ0) is 11.7. The van der Waals surface area contributed by atoms with Crippen LogP contribution in [0.4, 0.5) is 0 Å². The Morgan fingerprint density at radius 1 is 1.27 bits per heavy atom. The van der Waals surface area contributed by atoms with Crippen LogP contribution in [0.25, 0.3) is 0 Å². The molecule has 15 heavy (non-hydrogen) atoms. The highest BCUT2D eigenvalue weighted by atomic mass is 31.2. The summed E-state index contributed by atoms with van der Waals surface area (Å²) in [4.78, 5) is 11.4. The average molecular weight is 238 g/mol. The lowest BCUT2D eigenvalue weighted by atomic mass is 10.2. The highest BCUT2D eigenvalue weighted by Gasteiger charge is 2.24. The van der Waals surface area contributed by atoms with Gasteiger partial charge in [0.15, 0.2) is 0 Å². The van der Waals surface area contributed by atoms with Crippen molar-refractivity contribution >= 4 is 13.4 Å². The second-order valence-corrected chi connectivity index (χ2v) is 5.24. The van der Waals surface area contributed by atoms with Crippen LogP contribution in [0.1, 0.15) is 19.8 Å². The Bertz CT molecular complexity index is 221. The van der Waals surface area contributed by atoms with E-state index in [2.05, 4.69) is 9.05 Å². The molecule has 90 valence electrons. The predicted octanol–water partition coefficient (Wildman–Crippen LogP) is 1.86. The first-order valence-corrected chi connectivity index (χ1v) is 6.60. The van der Waals surface area contributed by atoms with Gasteiger partial charge in [-0.15, -0.1) is 0 Å². The summed E-state index contributed by atoms with van der Waals surface area (Å²) in [5.41, 5.74) is 0. The Balaban J connectivity index is 3.78. The third kappa shape index (κ3) is 6.79. The number of ketones is 1. The Kier molecular flexibility index (Phi) is 7.88. The second-order valence-electron chi connectivity index (χ2n) is 2.97. The number of ether oxygens (including phenoxy) is 1. The molecule has 5 nitrogen and oxygen atoms in total. The van der Waals surface area contributed by atoms with Gasteiger partial charge in [0, 0.05) is 33.9 Å². The van der Waals surface area contributed by atoms with Crippen LogP contribution in [-0.2, 0) is 23.1 Å². The molecule has 0 fully saturated rings. The molecule has 0 rings (SSSR count). The maximum atomic E-state index is 11.6. The van der Waals surface area contributed by atoms with Gasteiger partial charge < -0.3 is 13.8 Å². The normalized spacial score (nSPS) is 11.7. The molecule has 0 heterocycles. The summed E-state index contributed by atoms with van der Waals surface area (Å²) in [6.07, 6.45) is 0.822. The highest BCUT2D eigenvalue weighted by molar-refractivity contribution is 7.54. The number of Topliss-reactive ketones (excluding diaryl/α,β-unsaturated/α-hetero) is 1. The molecule has 0 aromatic carbocycles. The van der Waals surface area contributed by atoms with Gasteiger partial charge in [-0.3, -0.25) is 9.36 Å². The molecular formula is C9H19O5P. The van der Waals surface area contributed by atoms with Crippen molar-refractivity contribution in [3.05, 3.63) is 0 Å². The van der Waals surface area contributed by atoms with Crippen molar-refractivity contribution in [2.75, 3.05) is 33.6 Å². The molecule has 0 atom stereocenters. The van der Waals surface area contributed by atoms with E-state index in [0.29, 0.717) is 26.1 Å². The Morgan fingerprint density at radius 2 is 1.87 bits per heavy atom. The Morgan fingerprint density at radius 3 is 2.33 bits per heavy atom. The van der Waals surface area contributed by atoms with Crippen LogP contribution < -0.4 is 0 Å². The third-order valence-corrected chi connectivity index (χ3v) is 3.73. The third-order valence-electron chi connectivity index (χ3n) is 1.87. The monoisotopic (exact) mass is 238 g/mol. The van der Waals surface area contributed by atoms with Crippen molar-refractivity contribution in [2.45, 2.75) is 19.8 Å². The molecule has 0 unspecified atom stereocenters. The standard InChI is InChI=1S/C9H19O5P/c1-4-14-7-5-6-9(10)8-15(11,12-2)13-3/h4-8H2,1-3H3. The maximum absolute atomic E-state index is 11.6. The first-order chi connectivity index (χ1) is 7.08. The molecule has 0 bridgehead atoms. The molecule has 0 aliphatic carbocycles. The SMILES string of the molecule is CCOCCCC(=O)CP(=O)(OC)OC. The van der Waals surface area contributed by atoms with Crippen LogP contribution in [0.15, 0.2) is 0 Å². The van der Waals surface area contributed by atoms with Crippen LogP contribution in [-0.4, -0.2) is 39.4 Å². The van der Waals surface area contributed by atoms with E-state index in [1.165, 1.54) is 14.2 Å². The molecule has 6 heteroatoms. The first-order valence-electron chi connectivity index (χ1n) is 4.88. The van der Waals surface area contributed by atoms with Crippen molar-refractivity contribution in [2.24, 2.45) is 0 Å². The largest absolute Gasteiger partial charge is 0.382 e. The zero-order valence-corrected chi connectivity index (χ0v) is 10.4. The minimum absolute atomic E-state index is 0.123. The van der Waals surface area contributed by atoms with Gasteiger partial charge in [0.2, 0.25) is 0 Å². The maximum Gasteiger partial charge on any atom is 0.337 e. The van der Waals surface area contributed by atoms with E-state index < -0.39 is 7.60 Å². The van der Waals surface area contributed by atoms with E-state index in [1.807, 2.05) is 6.92 Å². The number of hydrogen-bond acceptors (Lipinski definition) is 5. The molecule has 0 aliphatic heterocycles. The van der Waals surface area contributed by atoms with Gasteiger partial charge in [0.05, 0.1) is 0 Å². The van der Waals surface area contributed by atoms with Crippen molar-refractivity contribution in [3.63, 3.8) is 0 Å². The zero-order valence-electron chi connectivity index (χ0n) is 9.52. The smallest absolute Gasteiger partial charge is 0.337 e. The lowest BCUT2D eigenvalue weighted by Gasteiger charge is -2.12. The minimum atomic E-state index is -3.18. The fourth-order valence-electron chi connectivity index (χ4n) is 1.01. The van der Waals surface area contributed by atoms with Crippen LogP contribution in [0.3, 0.4) is 0 Å². The lowest BCUT2D eigenvalue weighted by Crippen LogP contribution is -2.09. The van der Waals surface area contributed by atoms with Crippen LogP contribution in [0.2, 0.25) is 0 Å². The second kappa shape index (κ2) is 7.99. The van der Waals surface area contributed by atoms with Crippen molar-refractivity contribution in [3.8, 4) is 0 Å². The quantitative estimate of drug-likeness (QED) is 0.453. The lowest BCUT2D eigenvalue weighted by molar-refractivity contribution is -0.117. The molecule has 0 saturated heterocycles. The Hall–Kier alpha value is -0.220. The average Bonchev–Trinajstić information content (AvgIpc) is 2.24. The molecule has 0 spiro atoms. The van der Waals surface area contributed by atoms with Crippen molar-refractivity contribution < 1.29 is 23.1 Å². The summed E-state index contributed by atoms with van der Waals surface area (Å²) in [6, 6.07) is 0. The molecule has 0 radical (unpaired) electrons. The number of carbonyl (C=O) groups excluding carboxylic acids is 1. The van der Waals surface area contributed by atoms with Crippen LogP contribution in [0, 0.1) is 0 Å². The van der Waals surface area contributed by atoms with Gasteiger partial charge in [-0.2, -0.15) is 0 Å². The van der Waals surface area contributed by atoms with Gasteiger partial charge in [-0.1, -0.05) is 0 Å². The van der Waals surface area contributed by atoms with Crippen molar-refractivity contribution in [1.29, 1.82) is 0 Å². The van der Waals surface area contributed by atoms with E-state index in [0.717, 1.165) is 0 Å². The molecule has 0 aliphatic rings. The van der Waals surface area contributed by atoms with E-state index in [-0.39, 0.29) is 11.9 Å². The molecule has 0 N–H and O–H groups in total. The summed E-state index contributed by atoms with van der Waals surface area (Å²) < 4.78 is 26.0. The number of hydrogen-bond donors (Lipinski definition) is 0. The van der Waals surface area contributed by atoms with Gasteiger partial charge in [0.1, 0.15) is 11.9 Å². The number of rotatable bonds is 9. The summed E-state index contributed by atoms with van der Waals surface area (Å²) in [5.74, 6) is -0.123. The van der Waals surface area contributed by atoms with E-state index in [9.17, 15) is 9.36 Å². The first kappa shape index (κ1) is 14.8. The predicted molar refractivity (Wildman–Crippen MR) is 57.2 cm³/mol. The van der Waals surface area contributed by atoms with Gasteiger partial charge >= 0.3 is 7.60 Å². The minimum Gasteiger partial charge on any atom is -0.382 e. The molecule has 0 amide bonds. The van der Waals surface area contributed by atoms with Crippen LogP contribution >= 0.6 is 7.60 Å². The van der Waals surface area contributed by atoms with Gasteiger partial charge in [-0.05, 0) is 13.3 Å². The Labute approximate surface area is 90.6 Å². The summed E-state index contributed by atoms with van der Waals surface area (Å²) in [5, 5.41) is 0. The highest BCUT2D eigenvalue weighted by Crippen LogP contribution is 2.46. The summed E-state index contributed by atoms with van der Waals surface area (Å²) >= 11 is 0. The van der Waals surface area contributed by atoms with E-state index in [1.54, 1.807) is 0 Å². The van der Waals surface area contributed by atoms with E-state index >= 15 is 0 Å². The molecule has 0 saturated carbocycles. The summed E-state index contributed by atoms with van der Waals surface area (Å²) in [6.45, 7) is 3.08. The number of carbonyl (C=O) groups is 1. The van der Waals surface area contributed by atoms with E-state index in [4.69, 9.17) is 4.74 Å². The fourth-order valence-corrected chi connectivity index (χ4v) is 2.01. The van der Waals surface area contributed by atoms with Crippen molar-refractivity contribution in [1.82, 2.24) is 0 Å².